The van der Waals surface area contributed by atoms with Crippen LogP contribution in [0.5, 0.6) is 0 Å². The number of fused-ring (bicyclic) bond motifs is 1. The number of carbonyl (C=O) groups is 2. The molecule has 0 N–H and O–H groups in total. The summed E-state index contributed by atoms with van der Waals surface area (Å²) in [4.78, 5) is 24.1. The highest BCUT2D eigenvalue weighted by Gasteiger charge is 2.42. The molecule has 1 aliphatic heterocycles. The van der Waals surface area contributed by atoms with Crippen LogP contribution in [0.25, 0.3) is 0 Å². The number of hydrogen-bond acceptors (Lipinski definition) is 3. The summed E-state index contributed by atoms with van der Waals surface area (Å²) in [6, 6.07) is 0. The van der Waals surface area contributed by atoms with Crippen molar-refractivity contribution < 1.29 is 22.8 Å². The van der Waals surface area contributed by atoms with Gasteiger partial charge in [0, 0.05) is 32.1 Å². The second-order valence-corrected chi connectivity index (χ2v) is 5.36. The van der Waals surface area contributed by atoms with Gasteiger partial charge in [-0.05, 0) is 19.3 Å². The van der Waals surface area contributed by atoms with Crippen LogP contribution in [0.1, 0.15) is 47.4 Å². The Hall–Kier alpha value is -1.86. The van der Waals surface area contributed by atoms with E-state index < -0.39 is 17.8 Å². The maximum Gasteiger partial charge on any atom is 0.435 e. The zero-order valence-electron chi connectivity index (χ0n) is 12.3. The Morgan fingerprint density at radius 2 is 2.00 bits per heavy atom. The molecular weight excluding hydrogens is 299 g/mol. The summed E-state index contributed by atoms with van der Waals surface area (Å²) in [5, 5.41) is 3.47. The molecule has 0 unspecified atom stereocenters. The molecule has 0 bridgehead atoms. The Morgan fingerprint density at radius 3 is 2.64 bits per heavy atom. The fourth-order valence-corrected chi connectivity index (χ4v) is 2.72. The first kappa shape index (κ1) is 16.5. The quantitative estimate of drug-likeness (QED) is 0.597. The van der Waals surface area contributed by atoms with E-state index >= 15 is 0 Å². The van der Waals surface area contributed by atoms with Crippen molar-refractivity contribution in [3.8, 4) is 0 Å². The van der Waals surface area contributed by atoms with Crippen molar-refractivity contribution >= 4 is 12.2 Å². The molecule has 0 spiro atoms. The molecule has 1 aromatic heterocycles. The number of rotatable bonds is 6. The van der Waals surface area contributed by atoms with Gasteiger partial charge in [0.05, 0.1) is 0 Å². The molecular formula is C14H18F3N3O2. The van der Waals surface area contributed by atoms with Crippen molar-refractivity contribution in [2.24, 2.45) is 7.05 Å². The smallest absolute Gasteiger partial charge is 0.337 e. The summed E-state index contributed by atoms with van der Waals surface area (Å²) in [6.45, 7) is 0.762. The molecule has 1 aromatic rings. The van der Waals surface area contributed by atoms with Gasteiger partial charge in [-0.1, -0.05) is 6.42 Å². The Bertz CT molecular complexity index is 566. The minimum absolute atomic E-state index is 0.00259. The van der Waals surface area contributed by atoms with Crippen molar-refractivity contribution in [2.75, 3.05) is 13.1 Å². The van der Waals surface area contributed by atoms with Crippen LogP contribution >= 0.6 is 0 Å². The number of unbranched alkanes of at least 4 members (excludes halogenated alkanes) is 3. The maximum atomic E-state index is 12.9. The highest BCUT2D eigenvalue weighted by Crippen LogP contribution is 2.34. The van der Waals surface area contributed by atoms with Gasteiger partial charge < -0.3 is 9.69 Å². The van der Waals surface area contributed by atoms with Gasteiger partial charge in [-0.2, -0.15) is 18.3 Å². The lowest BCUT2D eigenvalue weighted by Crippen LogP contribution is -2.39. The van der Waals surface area contributed by atoms with Gasteiger partial charge in [0.15, 0.2) is 5.69 Å². The summed E-state index contributed by atoms with van der Waals surface area (Å²) in [6.07, 6.45) is -0.712. The summed E-state index contributed by atoms with van der Waals surface area (Å²) >= 11 is 0. The van der Waals surface area contributed by atoms with Gasteiger partial charge in [-0.3, -0.25) is 9.48 Å². The number of aromatic nitrogens is 2. The first-order valence-electron chi connectivity index (χ1n) is 7.22. The van der Waals surface area contributed by atoms with E-state index in [1.165, 1.54) is 7.05 Å². The van der Waals surface area contributed by atoms with Gasteiger partial charge in [0.25, 0.3) is 5.91 Å². The van der Waals surface area contributed by atoms with Crippen molar-refractivity contribution in [1.29, 1.82) is 0 Å². The Morgan fingerprint density at radius 1 is 1.27 bits per heavy atom. The second-order valence-electron chi connectivity index (χ2n) is 5.36. The van der Waals surface area contributed by atoms with E-state index in [1.54, 1.807) is 4.90 Å². The summed E-state index contributed by atoms with van der Waals surface area (Å²) in [5.41, 5.74) is -0.923. The van der Waals surface area contributed by atoms with Crippen LogP contribution in [-0.4, -0.2) is 40.0 Å². The Kier molecular flexibility index (Phi) is 4.87. The molecule has 2 heterocycles. The SMILES string of the molecule is Cn1nc(C(F)(F)F)c2c1C(=O)N(CCCCCC=O)CC2. The topological polar surface area (TPSA) is 55.2 Å². The van der Waals surface area contributed by atoms with Crippen molar-refractivity contribution in [3.05, 3.63) is 17.0 Å². The summed E-state index contributed by atoms with van der Waals surface area (Å²) < 4.78 is 39.7. The third-order valence-electron chi connectivity index (χ3n) is 3.79. The lowest BCUT2D eigenvalue weighted by molar-refractivity contribution is -0.142. The van der Waals surface area contributed by atoms with Crippen molar-refractivity contribution in [3.63, 3.8) is 0 Å². The van der Waals surface area contributed by atoms with E-state index in [2.05, 4.69) is 5.10 Å². The molecule has 0 aromatic carbocycles. The van der Waals surface area contributed by atoms with E-state index in [9.17, 15) is 22.8 Å². The van der Waals surface area contributed by atoms with Crippen LogP contribution in [0, 0.1) is 0 Å². The van der Waals surface area contributed by atoms with Crippen molar-refractivity contribution in [2.45, 2.75) is 38.3 Å². The van der Waals surface area contributed by atoms with Crippen LogP contribution < -0.4 is 0 Å². The lowest BCUT2D eigenvalue weighted by atomic mass is 10.0. The zero-order chi connectivity index (χ0) is 16.3. The lowest BCUT2D eigenvalue weighted by Gasteiger charge is -2.27. The Balaban J connectivity index is 2.07. The third kappa shape index (κ3) is 3.31. The number of amides is 1. The summed E-state index contributed by atoms with van der Waals surface area (Å²) in [5.74, 6) is -0.401. The molecule has 1 aliphatic rings. The molecule has 1 amide bonds. The van der Waals surface area contributed by atoms with Crippen LogP contribution in [-0.2, 0) is 24.4 Å². The molecule has 22 heavy (non-hydrogen) atoms. The molecule has 0 atom stereocenters. The average Bonchev–Trinajstić information content (AvgIpc) is 2.79. The normalized spacial score (nSPS) is 15.1. The minimum atomic E-state index is -4.54. The van der Waals surface area contributed by atoms with E-state index in [0.717, 1.165) is 30.2 Å². The number of nitrogens with zero attached hydrogens (tertiary/aromatic N) is 3. The maximum absolute atomic E-state index is 12.9. The molecule has 0 fully saturated rings. The van der Waals surface area contributed by atoms with E-state index in [1.807, 2.05) is 0 Å². The van der Waals surface area contributed by atoms with Crippen LogP contribution in [0.3, 0.4) is 0 Å². The fraction of sp³-hybridized carbons (Fsp3) is 0.643. The van der Waals surface area contributed by atoms with Gasteiger partial charge in [-0.25, -0.2) is 0 Å². The molecule has 0 radical (unpaired) electrons. The van der Waals surface area contributed by atoms with Crippen LogP contribution in [0.4, 0.5) is 13.2 Å². The first-order chi connectivity index (χ1) is 10.4. The first-order valence-corrected chi connectivity index (χ1v) is 7.22. The second kappa shape index (κ2) is 6.50. The molecule has 0 saturated carbocycles. The predicted octanol–water partition coefficient (Wildman–Crippen LogP) is 2.20. The third-order valence-corrected chi connectivity index (χ3v) is 3.79. The van der Waals surface area contributed by atoms with Gasteiger partial charge in [0.1, 0.15) is 12.0 Å². The molecule has 0 saturated heterocycles. The zero-order valence-corrected chi connectivity index (χ0v) is 12.3. The highest BCUT2D eigenvalue weighted by atomic mass is 19.4. The molecule has 122 valence electrons. The molecule has 8 heteroatoms. The van der Waals surface area contributed by atoms with Gasteiger partial charge >= 0.3 is 6.18 Å². The standard InChI is InChI=1S/C14H18F3N3O2/c1-19-11-10(12(18-19)14(15,16)17)6-8-20(13(11)22)7-4-2-3-5-9-21/h9H,2-8H2,1H3. The minimum Gasteiger partial charge on any atom is -0.337 e. The van der Waals surface area contributed by atoms with Gasteiger partial charge in [-0.15, -0.1) is 0 Å². The number of carbonyl (C=O) groups excluding carboxylic acids is 2. The average molecular weight is 317 g/mol. The molecule has 0 aliphatic carbocycles. The highest BCUT2D eigenvalue weighted by molar-refractivity contribution is 5.95. The monoisotopic (exact) mass is 317 g/mol. The number of aryl methyl sites for hydroxylation is 1. The number of halogens is 3. The molecule has 5 nitrogen and oxygen atoms in total. The largest absolute Gasteiger partial charge is 0.435 e. The summed E-state index contributed by atoms with van der Waals surface area (Å²) in [7, 11) is 1.36. The van der Waals surface area contributed by atoms with Crippen LogP contribution in [0.15, 0.2) is 0 Å². The number of hydrogen-bond donors (Lipinski definition) is 0. The van der Waals surface area contributed by atoms with E-state index in [0.29, 0.717) is 13.0 Å². The van der Waals surface area contributed by atoms with Gasteiger partial charge in [0.2, 0.25) is 0 Å². The van der Waals surface area contributed by atoms with Crippen molar-refractivity contribution in [1.82, 2.24) is 14.7 Å². The number of alkyl halides is 3. The van der Waals surface area contributed by atoms with E-state index in [-0.39, 0.29) is 24.2 Å². The van der Waals surface area contributed by atoms with E-state index in [4.69, 9.17) is 0 Å². The molecule has 2 rings (SSSR count). The van der Waals surface area contributed by atoms with Crippen LogP contribution in [0.2, 0.25) is 0 Å². The fourth-order valence-electron chi connectivity index (χ4n) is 2.72. The predicted molar refractivity (Wildman–Crippen MR) is 72.3 cm³/mol. The number of aldehydes is 1. The Labute approximate surface area is 126 Å².